The molecule has 2 aliphatic carbocycles. The van der Waals surface area contributed by atoms with Crippen LogP contribution in [0.3, 0.4) is 0 Å². The number of rotatable bonds is 4. The zero-order valence-corrected chi connectivity index (χ0v) is 11.2. The molecule has 2 unspecified atom stereocenters. The van der Waals surface area contributed by atoms with Crippen LogP contribution in [-0.4, -0.2) is 26.3 Å². The van der Waals surface area contributed by atoms with Gasteiger partial charge >= 0.3 is 0 Å². The fraction of sp³-hybridized carbons (Fsp3) is 1.00. The monoisotopic (exact) mass is 260 g/mol. The lowest BCUT2D eigenvalue weighted by Gasteiger charge is -2.23. The van der Waals surface area contributed by atoms with Crippen molar-refractivity contribution in [1.82, 2.24) is 4.72 Å². The molecule has 0 spiro atoms. The van der Waals surface area contributed by atoms with Gasteiger partial charge in [-0.25, -0.2) is 13.1 Å². The van der Waals surface area contributed by atoms with Gasteiger partial charge in [0.2, 0.25) is 10.0 Å². The Morgan fingerprint density at radius 3 is 2.29 bits per heavy atom. The normalized spacial score (nSPS) is 31.8. The Morgan fingerprint density at radius 1 is 1.00 bits per heavy atom. The predicted octanol–water partition coefficient (Wildman–Crippen LogP) is 1.37. The molecular formula is C12H24N2O2S. The standard InChI is InChI=1S/C12H24N2O2S/c13-11-7-4-8-12(11)14-17(15,16)9-10-5-2-1-3-6-10/h10-12,14H,1-9,13H2. The molecule has 0 bridgehead atoms. The molecule has 0 amide bonds. The van der Waals surface area contributed by atoms with Crippen LogP contribution in [-0.2, 0) is 10.0 Å². The fourth-order valence-corrected chi connectivity index (χ4v) is 4.88. The van der Waals surface area contributed by atoms with Gasteiger partial charge in [0, 0.05) is 12.1 Å². The predicted molar refractivity (Wildman–Crippen MR) is 69.1 cm³/mol. The Morgan fingerprint density at radius 2 is 1.71 bits per heavy atom. The van der Waals surface area contributed by atoms with E-state index in [1.165, 1.54) is 19.3 Å². The average molecular weight is 260 g/mol. The van der Waals surface area contributed by atoms with Gasteiger partial charge in [0.1, 0.15) is 0 Å². The van der Waals surface area contributed by atoms with Gasteiger partial charge in [0.15, 0.2) is 0 Å². The van der Waals surface area contributed by atoms with E-state index in [0.29, 0.717) is 11.7 Å². The molecule has 4 nitrogen and oxygen atoms in total. The van der Waals surface area contributed by atoms with Crippen LogP contribution in [0.4, 0.5) is 0 Å². The van der Waals surface area contributed by atoms with E-state index in [2.05, 4.69) is 4.72 Å². The molecule has 3 N–H and O–H groups in total. The van der Waals surface area contributed by atoms with Crippen LogP contribution in [0.5, 0.6) is 0 Å². The minimum atomic E-state index is -3.13. The second-order valence-electron chi connectivity index (χ2n) is 5.60. The van der Waals surface area contributed by atoms with Crippen molar-refractivity contribution in [1.29, 1.82) is 0 Å². The lowest BCUT2D eigenvalue weighted by atomic mass is 9.91. The Labute approximate surface area is 104 Å². The highest BCUT2D eigenvalue weighted by Crippen LogP contribution is 2.25. The molecule has 2 atom stereocenters. The smallest absolute Gasteiger partial charge is 0.212 e. The van der Waals surface area contributed by atoms with Crippen molar-refractivity contribution in [2.45, 2.75) is 63.5 Å². The first kappa shape index (κ1) is 13.3. The summed E-state index contributed by atoms with van der Waals surface area (Å²) in [5, 5.41) is 0. The van der Waals surface area contributed by atoms with Crippen molar-refractivity contribution >= 4 is 10.0 Å². The molecule has 2 rings (SSSR count). The van der Waals surface area contributed by atoms with E-state index in [4.69, 9.17) is 5.73 Å². The van der Waals surface area contributed by atoms with Crippen LogP contribution in [0.25, 0.3) is 0 Å². The van der Waals surface area contributed by atoms with Crippen molar-refractivity contribution in [3.63, 3.8) is 0 Å². The quantitative estimate of drug-likeness (QED) is 0.802. The minimum absolute atomic E-state index is 0.0103. The molecule has 0 radical (unpaired) electrons. The van der Waals surface area contributed by atoms with E-state index in [1.54, 1.807) is 0 Å². The summed E-state index contributed by atoms with van der Waals surface area (Å²) in [6, 6.07) is -0.0141. The zero-order valence-electron chi connectivity index (χ0n) is 10.4. The average Bonchev–Trinajstić information content (AvgIpc) is 2.64. The van der Waals surface area contributed by atoms with Crippen LogP contribution in [0.15, 0.2) is 0 Å². The van der Waals surface area contributed by atoms with Gasteiger partial charge in [0.25, 0.3) is 0 Å². The lowest BCUT2D eigenvalue weighted by Crippen LogP contribution is -2.45. The summed E-state index contributed by atoms with van der Waals surface area (Å²) >= 11 is 0. The van der Waals surface area contributed by atoms with Gasteiger partial charge in [-0.3, -0.25) is 0 Å². The van der Waals surface area contributed by atoms with Gasteiger partial charge in [-0.05, 0) is 31.6 Å². The van der Waals surface area contributed by atoms with Crippen molar-refractivity contribution < 1.29 is 8.42 Å². The zero-order chi connectivity index (χ0) is 12.3. The molecule has 0 aromatic heterocycles. The molecule has 0 aliphatic heterocycles. The van der Waals surface area contributed by atoms with E-state index in [-0.39, 0.29) is 12.1 Å². The summed E-state index contributed by atoms with van der Waals surface area (Å²) in [4.78, 5) is 0. The maximum absolute atomic E-state index is 12.0. The van der Waals surface area contributed by atoms with Gasteiger partial charge < -0.3 is 5.73 Å². The number of nitrogens with one attached hydrogen (secondary N) is 1. The number of hydrogen-bond donors (Lipinski definition) is 2. The molecule has 0 saturated heterocycles. The second kappa shape index (κ2) is 5.67. The maximum atomic E-state index is 12.0. The first-order valence-corrected chi connectivity index (χ1v) is 8.47. The van der Waals surface area contributed by atoms with Crippen LogP contribution in [0.2, 0.25) is 0 Å². The van der Waals surface area contributed by atoms with Crippen LogP contribution in [0, 0.1) is 5.92 Å². The maximum Gasteiger partial charge on any atom is 0.212 e. The van der Waals surface area contributed by atoms with Gasteiger partial charge in [-0.2, -0.15) is 0 Å². The number of nitrogens with two attached hydrogens (primary N) is 1. The third-order valence-electron chi connectivity index (χ3n) is 4.08. The third kappa shape index (κ3) is 3.93. The molecular weight excluding hydrogens is 236 g/mol. The third-order valence-corrected chi connectivity index (χ3v) is 5.65. The van der Waals surface area contributed by atoms with Gasteiger partial charge in [0.05, 0.1) is 5.75 Å². The summed E-state index contributed by atoms with van der Waals surface area (Å²) in [7, 11) is -3.13. The Bertz CT molecular complexity index is 336. The highest BCUT2D eigenvalue weighted by molar-refractivity contribution is 7.89. The first-order valence-electron chi connectivity index (χ1n) is 6.82. The van der Waals surface area contributed by atoms with Crippen molar-refractivity contribution in [2.24, 2.45) is 11.7 Å². The first-order chi connectivity index (χ1) is 8.07. The minimum Gasteiger partial charge on any atom is -0.326 e. The van der Waals surface area contributed by atoms with Crippen LogP contribution < -0.4 is 10.5 Å². The van der Waals surface area contributed by atoms with Crippen LogP contribution >= 0.6 is 0 Å². The van der Waals surface area contributed by atoms with E-state index >= 15 is 0 Å². The number of sulfonamides is 1. The molecule has 0 aromatic carbocycles. The fourth-order valence-electron chi connectivity index (χ4n) is 3.08. The lowest BCUT2D eigenvalue weighted by molar-refractivity contribution is 0.382. The molecule has 2 saturated carbocycles. The summed E-state index contributed by atoms with van der Waals surface area (Å²) < 4.78 is 26.9. The molecule has 2 aliphatic rings. The van der Waals surface area contributed by atoms with Crippen molar-refractivity contribution in [3.05, 3.63) is 0 Å². The summed E-state index contributed by atoms with van der Waals surface area (Å²) in [5.41, 5.74) is 5.89. The highest BCUT2D eigenvalue weighted by atomic mass is 32.2. The largest absolute Gasteiger partial charge is 0.326 e. The van der Waals surface area contributed by atoms with E-state index in [9.17, 15) is 8.42 Å². The highest BCUT2D eigenvalue weighted by Gasteiger charge is 2.29. The van der Waals surface area contributed by atoms with Gasteiger partial charge in [-0.15, -0.1) is 0 Å². The van der Waals surface area contributed by atoms with Crippen molar-refractivity contribution in [2.75, 3.05) is 5.75 Å². The number of hydrogen-bond acceptors (Lipinski definition) is 3. The Kier molecular flexibility index (Phi) is 4.44. The molecule has 17 heavy (non-hydrogen) atoms. The van der Waals surface area contributed by atoms with E-state index in [0.717, 1.165) is 32.1 Å². The molecule has 0 aromatic rings. The Hall–Kier alpha value is -0.130. The van der Waals surface area contributed by atoms with Crippen molar-refractivity contribution in [3.8, 4) is 0 Å². The molecule has 0 heterocycles. The van der Waals surface area contributed by atoms with E-state index < -0.39 is 10.0 Å². The molecule has 5 heteroatoms. The molecule has 2 fully saturated rings. The SMILES string of the molecule is NC1CCCC1NS(=O)(=O)CC1CCCCC1. The van der Waals surface area contributed by atoms with Gasteiger partial charge in [-0.1, -0.05) is 25.7 Å². The molecule has 100 valence electrons. The topological polar surface area (TPSA) is 72.2 Å². The summed E-state index contributed by atoms with van der Waals surface area (Å²) in [5.74, 6) is 0.662. The summed E-state index contributed by atoms with van der Waals surface area (Å²) in [6.07, 6.45) is 8.64. The van der Waals surface area contributed by atoms with Crippen LogP contribution in [0.1, 0.15) is 51.4 Å². The summed E-state index contributed by atoms with van der Waals surface area (Å²) in [6.45, 7) is 0. The second-order valence-corrected chi connectivity index (χ2v) is 7.40. The van der Waals surface area contributed by atoms with E-state index in [1.807, 2.05) is 0 Å². The Balaban J connectivity index is 1.85.